The molecule has 1 aliphatic heterocycles. The number of rotatable bonds is 2. The molecule has 1 aliphatic rings. The minimum absolute atomic E-state index is 0.378. The Balaban J connectivity index is 2.40. The number of alkyl halides is 2. The molecule has 1 heterocycles. The van der Waals surface area contributed by atoms with Crippen molar-refractivity contribution in [2.45, 2.75) is 38.7 Å². The van der Waals surface area contributed by atoms with Gasteiger partial charge < -0.3 is 10.2 Å². The maximum Gasteiger partial charge on any atom is 0.317 e. The monoisotopic (exact) mass is 206 g/mol. The molecular formula is C9H16F2N2O. The first-order valence-corrected chi connectivity index (χ1v) is 4.84. The topological polar surface area (TPSA) is 32.3 Å². The smallest absolute Gasteiger partial charge is 0.317 e. The number of urea groups is 1. The average Bonchev–Trinajstić information content (AvgIpc) is 2.53. The first-order chi connectivity index (χ1) is 6.41. The molecule has 0 radical (unpaired) electrons. The molecule has 0 aromatic rings. The maximum absolute atomic E-state index is 12.7. The lowest BCUT2D eigenvalue weighted by Gasteiger charge is -2.24. The number of nitrogens with one attached hydrogen (secondary N) is 1. The van der Waals surface area contributed by atoms with Crippen LogP contribution in [-0.4, -0.2) is 36.0 Å². The van der Waals surface area contributed by atoms with Crippen molar-refractivity contribution < 1.29 is 13.6 Å². The van der Waals surface area contributed by atoms with E-state index in [1.54, 1.807) is 4.90 Å². The van der Waals surface area contributed by atoms with E-state index >= 15 is 0 Å². The lowest BCUT2D eigenvalue weighted by Crippen LogP contribution is -2.48. The van der Waals surface area contributed by atoms with Gasteiger partial charge in [-0.05, 0) is 19.8 Å². The molecule has 2 amide bonds. The second kappa shape index (κ2) is 4.11. The molecular weight excluding hydrogens is 190 g/mol. The highest BCUT2D eigenvalue weighted by Crippen LogP contribution is 2.17. The normalized spacial score (nSPS) is 19.6. The Kier molecular flexibility index (Phi) is 3.29. The van der Waals surface area contributed by atoms with Crippen LogP contribution in [0.4, 0.5) is 13.6 Å². The molecule has 3 nitrogen and oxygen atoms in total. The Morgan fingerprint density at radius 1 is 1.43 bits per heavy atom. The first-order valence-electron chi connectivity index (χ1n) is 4.84. The molecule has 0 aromatic heterocycles. The van der Waals surface area contributed by atoms with Crippen LogP contribution in [-0.2, 0) is 0 Å². The van der Waals surface area contributed by atoms with Gasteiger partial charge in [-0.1, -0.05) is 0 Å². The molecule has 82 valence electrons. The van der Waals surface area contributed by atoms with Gasteiger partial charge in [-0.15, -0.1) is 0 Å². The number of carbonyl (C=O) groups excluding carboxylic acids is 1. The SMILES string of the molecule is CC(NC(=O)N1CCCC1)C(C)(F)F. The van der Waals surface area contributed by atoms with Gasteiger partial charge in [0.2, 0.25) is 0 Å². The van der Waals surface area contributed by atoms with Crippen LogP contribution in [0.15, 0.2) is 0 Å². The summed E-state index contributed by atoms with van der Waals surface area (Å²) < 4.78 is 25.5. The highest BCUT2D eigenvalue weighted by Gasteiger charge is 2.32. The second-order valence-electron chi connectivity index (χ2n) is 3.82. The van der Waals surface area contributed by atoms with Crippen LogP contribution >= 0.6 is 0 Å². The van der Waals surface area contributed by atoms with Crippen LogP contribution in [0.25, 0.3) is 0 Å². The van der Waals surface area contributed by atoms with E-state index in [1.165, 1.54) is 6.92 Å². The molecule has 0 spiro atoms. The lowest BCUT2D eigenvalue weighted by molar-refractivity contribution is -0.00959. The zero-order chi connectivity index (χ0) is 10.8. The third kappa shape index (κ3) is 2.82. The van der Waals surface area contributed by atoms with Crippen molar-refractivity contribution in [2.24, 2.45) is 0 Å². The van der Waals surface area contributed by atoms with E-state index in [2.05, 4.69) is 5.32 Å². The van der Waals surface area contributed by atoms with Gasteiger partial charge in [-0.2, -0.15) is 0 Å². The first kappa shape index (κ1) is 11.2. The summed E-state index contributed by atoms with van der Waals surface area (Å²) >= 11 is 0. The summed E-state index contributed by atoms with van der Waals surface area (Å²) in [5.74, 6) is -2.87. The minimum Gasteiger partial charge on any atom is -0.329 e. The van der Waals surface area contributed by atoms with E-state index in [4.69, 9.17) is 0 Å². The maximum atomic E-state index is 12.7. The van der Waals surface area contributed by atoms with Crippen LogP contribution in [0.5, 0.6) is 0 Å². The van der Waals surface area contributed by atoms with Crippen molar-refractivity contribution in [3.63, 3.8) is 0 Å². The highest BCUT2D eigenvalue weighted by atomic mass is 19.3. The molecule has 0 aromatic carbocycles. The fourth-order valence-corrected chi connectivity index (χ4v) is 1.32. The molecule has 1 N–H and O–H groups in total. The zero-order valence-corrected chi connectivity index (χ0v) is 8.52. The quantitative estimate of drug-likeness (QED) is 0.734. The Morgan fingerprint density at radius 3 is 2.36 bits per heavy atom. The zero-order valence-electron chi connectivity index (χ0n) is 8.52. The number of carbonyl (C=O) groups is 1. The summed E-state index contributed by atoms with van der Waals surface area (Å²) in [5.41, 5.74) is 0. The number of amides is 2. The number of likely N-dealkylation sites (tertiary alicyclic amines) is 1. The molecule has 1 fully saturated rings. The second-order valence-corrected chi connectivity index (χ2v) is 3.82. The standard InChI is InChI=1S/C9H16F2N2O/c1-7(9(2,10)11)12-8(14)13-5-3-4-6-13/h7H,3-6H2,1-2H3,(H,12,14). The van der Waals surface area contributed by atoms with Gasteiger partial charge in [0.15, 0.2) is 0 Å². The fraction of sp³-hybridized carbons (Fsp3) is 0.889. The molecule has 1 atom stereocenters. The third-order valence-corrected chi connectivity index (χ3v) is 2.49. The largest absolute Gasteiger partial charge is 0.329 e. The molecule has 0 aliphatic carbocycles. The van der Waals surface area contributed by atoms with Gasteiger partial charge in [0.05, 0.1) is 6.04 Å². The van der Waals surface area contributed by atoms with Crippen molar-refractivity contribution in [3.05, 3.63) is 0 Å². The molecule has 14 heavy (non-hydrogen) atoms. The molecule has 1 unspecified atom stereocenters. The van der Waals surface area contributed by atoms with Crippen molar-refractivity contribution >= 4 is 6.03 Å². The van der Waals surface area contributed by atoms with E-state index < -0.39 is 12.0 Å². The van der Waals surface area contributed by atoms with Gasteiger partial charge >= 0.3 is 6.03 Å². The Morgan fingerprint density at radius 2 is 1.93 bits per heavy atom. The third-order valence-electron chi connectivity index (χ3n) is 2.49. The summed E-state index contributed by atoms with van der Waals surface area (Å²) in [6.45, 7) is 3.47. The van der Waals surface area contributed by atoms with Crippen LogP contribution in [0.1, 0.15) is 26.7 Å². The van der Waals surface area contributed by atoms with Crippen molar-refractivity contribution in [1.29, 1.82) is 0 Å². The minimum atomic E-state index is -2.87. The van der Waals surface area contributed by atoms with Crippen molar-refractivity contribution in [1.82, 2.24) is 10.2 Å². The number of halogens is 2. The van der Waals surface area contributed by atoms with Gasteiger partial charge in [-0.25, -0.2) is 13.6 Å². The van der Waals surface area contributed by atoms with Crippen LogP contribution in [0.3, 0.4) is 0 Å². The van der Waals surface area contributed by atoms with Crippen molar-refractivity contribution in [2.75, 3.05) is 13.1 Å². The lowest BCUT2D eigenvalue weighted by atomic mass is 10.2. The molecule has 0 bridgehead atoms. The number of hydrogen-bond acceptors (Lipinski definition) is 1. The van der Waals surface area contributed by atoms with Gasteiger partial charge in [0, 0.05) is 20.0 Å². The summed E-state index contributed by atoms with van der Waals surface area (Å²) in [5, 5.41) is 2.30. The van der Waals surface area contributed by atoms with Crippen LogP contribution in [0.2, 0.25) is 0 Å². The molecule has 5 heteroatoms. The Labute approximate surface area is 82.5 Å². The van der Waals surface area contributed by atoms with Crippen LogP contribution < -0.4 is 5.32 Å². The van der Waals surface area contributed by atoms with Gasteiger partial charge in [0.25, 0.3) is 5.92 Å². The van der Waals surface area contributed by atoms with E-state index in [-0.39, 0.29) is 6.03 Å². The number of hydrogen-bond donors (Lipinski definition) is 1. The molecule has 1 saturated heterocycles. The fourth-order valence-electron chi connectivity index (χ4n) is 1.32. The summed E-state index contributed by atoms with van der Waals surface area (Å²) in [6.07, 6.45) is 1.93. The highest BCUT2D eigenvalue weighted by molar-refractivity contribution is 5.74. The molecule has 1 rings (SSSR count). The van der Waals surface area contributed by atoms with Gasteiger partial charge in [0.1, 0.15) is 0 Å². The van der Waals surface area contributed by atoms with E-state index in [9.17, 15) is 13.6 Å². The van der Waals surface area contributed by atoms with Crippen molar-refractivity contribution in [3.8, 4) is 0 Å². The van der Waals surface area contributed by atoms with Gasteiger partial charge in [-0.3, -0.25) is 0 Å². The predicted molar refractivity (Wildman–Crippen MR) is 49.4 cm³/mol. The predicted octanol–water partition coefficient (Wildman–Crippen LogP) is 1.84. The van der Waals surface area contributed by atoms with E-state index in [1.807, 2.05) is 0 Å². The van der Waals surface area contributed by atoms with E-state index in [0.29, 0.717) is 13.1 Å². The molecule has 0 saturated carbocycles. The summed E-state index contributed by atoms with van der Waals surface area (Å²) in [6, 6.07) is -1.49. The average molecular weight is 206 g/mol. The van der Waals surface area contributed by atoms with E-state index in [0.717, 1.165) is 19.8 Å². The Hall–Kier alpha value is -0.870. The van der Waals surface area contributed by atoms with Crippen LogP contribution in [0, 0.1) is 0 Å². The number of nitrogens with zero attached hydrogens (tertiary/aromatic N) is 1. The Bertz CT molecular complexity index is 209. The summed E-state index contributed by atoms with van der Waals surface area (Å²) in [4.78, 5) is 13.0. The summed E-state index contributed by atoms with van der Waals surface area (Å²) in [7, 11) is 0.